The van der Waals surface area contributed by atoms with Crippen LogP contribution in [0.5, 0.6) is 0 Å². The van der Waals surface area contributed by atoms with Crippen molar-refractivity contribution in [3.63, 3.8) is 0 Å². The van der Waals surface area contributed by atoms with Crippen LogP contribution in [0.2, 0.25) is 0 Å². The van der Waals surface area contributed by atoms with E-state index in [1.165, 1.54) is 77.0 Å². The summed E-state index contributed by atoms with van der Waals surface area (Å²) in [7, 11) is 0. The molecule has 0 heterocycles. The Bertz CT molecular complexity index is 670. The third-order valence-corrected chi connectivity index (χ3v) is 12.6. The summed E-state index contributed by atoms with van der Waals surface area (Å²) in [6, 6.07) is 0. The number of hydrogen-bond acceptors (Lipinski definition) is 6. The number of rotatable bonds is 28. The van der Waals surface area contributed by atoms with E-state index in [2.05, 4.69) is 79.9 Å². The molecule has 0 aliphatic heterocycles. The Hall–Kier alpha value is 2.46. The molecule has 0 aromatic rings. The van der Waals surface area contributed by atoms with Crippen molar-refractivity contribution >= 4 is 59.5 Å². The molecule has 0 N–H and O–H groups in total. The third kappa shape index (κ3) is 32.8. The SMILES string of the molecule is CCCCC(C)CCOP(=S)(S)OCC(CC)CCCC.CCCCC(CC)COP(=S)(S)OCC(CC)CCCC.[Zn+2]. The first-order valence-electron chi connectivity index (χ1n) is 17.2. The fourth-order valence-electron chi connectivity index (χ4n) is 4.43. The number of hydrogen-bond donors (Lipinski definition) is 2. The van der Waals surface area contributed by atoms with E-state index in [9.17, 15) is 0 Å². The van der Waals surface area contributed by atoms with Gasteiger partial charge < -0.3 is 18.1 Å². The van der Waals surface area contributed by atoms with E-state index < -0.39 is 11.4 Å². The van der Waals surface area contributed by atoms with E-state index in [-0.39, 0.29) is 19.5 Å². The topological polar surface area (TPSA) is 36.9 Å². The van der Waals surface area contributed by atoms with Gasteiger partial charge >= 0.3 is 19.5 Å². The van der Waals surface area contributed by atoms with Crippen molar-refractivity contribution in [2.45, 2.75) is 158 Å². The predicted molar refractivity (Wildman–Crippen MR) is 204 cm³/mol. The van der Waals surface area contributed by atoms with Crippen molar-refractivity contribution in [1.82, 2.24) is 0 Å². The van der Waals surface area contributed by atoms with Gasteiger partial charge in [0.25, 0.3) is 0 Å². The summed E-state index contributed by atoms with van der Waals surface area (Å²) in [5.41, 5.74) is -4.71. The van der Waals surface area contributed by atoms with Crippen molar-refractivity contribution in [2.24, 2.45) is 23.7 Å². The van der Waals surface area contributed by atoms with Gasteiger partial charge in [-0.25, -0.2) is 0 Å². The van der Waals surface area contributed by atoms with Crippen molar-refractivity contribution in [2.75, 3.05) is 26.4 Å². The first-order chi connectivity index (χ1) is 19.9. The summed E-state index contributed by atoms with van der Waals surface area (Å²) in [5, 5.41) is 0. The van der Waals surface area contributed by atoms with Gasteiger partial charge in [0.2, 0.25) is 11.4 Å². The zero-order valence-corrected chi connectivity index (χ0v) is 37.6. The van der Waals surface area contributed by atoms with Crippen LogP contribution in [0.1, 0.15) is 158 Å². The van der Waals surface area contributed by atoms with Crippen molar-refractivity contribution in [3.05, 3.63) is 0 Å². The molecular weight excluding hydrogens is 704 g/mol. The summed E-state index contributed by atoms with van der Waals surface area (Å²) in [4.78, 5) is 0. The Kier molecular flexibility index (Phi) is 38.2. The molecule has 0 saturated heterocycles. The summed E-state index contributed by atoms with van der Waals surface area (Å²) >= 11 is 19.7. The first-order valence-corrected chi connectivity index (χ1v) is 24.7. The molecule has 0 rings (SSSR count). The molecule has 256 valence electrons. The minimum atomic E-state index is -2.36. The van der Waals surface area contributed by atoms with Crippen LogP contribution < -0.4 is 0 Å². The first kappa shape index (κ1) is 49.8. The Morgan fingerprint density at radius 1 is 0.512 bits per heavy atom. The molecule has 0 aliphatic carbocycles. The molecule has 4 nitrogen and oxygen atoms in total. The minimum Gasteiger partial charge on any atom is -0.322 e. The summed E-state index contributed by atoms with van der Waals surface area (Å²) < 4.78 is 23.3. The van der Waals surface area contributed by atoms with Gasteiger partial charge in [0.05, 0.1) is 26.4 Å². The van der Waals surface area contributed by atoms with E-state index in [0.29, 0.717) is 50.1 Å². The van der Waals surface area contributed by atoms with Crippen molar-refractivity contribution < 1.29 is 37.6 Å². The fraction of sp³-hybridized carbons (Fsp3) is 1.00. The third-order valence-electron chi connectivity index (χ3n) is 7.97. The molecule has 5 atom stereocenters. The molecule has 0 aliphatic rings. The molecule has 43 heavy (non-hydrogen) atoms. The maximum atomic E-state index is 5.85. The van der Waals surface area contributed by atoms with Crippen LogP contribution in [-0.2, 0) is 61.2 Å². The minimum absolute atomic E-state index is 0. The summed E-state index contributed by atoms with van der Waals surface area (Å²) in [5.74, 6) is 2.46. The second kappa shape index (κ2) is 33.0. The molecule has 5 unspecified atom stereocenters. The van der Waals surface area contributed by atoms with Gasteiger partial charge in [-0.15, -0.1) is 0 Å². The number of thiol groups is 2. The summed E-state index contributed by atoms with van der Waals surface area (Å²) in [6.07, 6.45) is 19.4. The summed E-state index contributed by atoms with van der Waals surface area (Å²) in [6.45, 7) is 20.6. The second-order valence-corrected chi connectivity index (χ2v) is 22.5. The van der Waals surface area contributed by atoms with Gasteiger partial charge in [-0.2, -0.15) is 0 Å². The predicted octanol–water partition coefficient (Wildman–Crippen LogP) is 13.2. The van der Waals surface area contributed by atoms with Crippen molar-refractivity contribution in [3.8, 4) is 0 Å². The molecule has 11 heteroatoms. The monoisotopic (exact) mass is 772 g/mol. The normalized spacial score (nSPS) is 17.0. The van der Waals surface area contributed by atoms with E-state index in [1.54, 1.807) is 0 Å². The Morgan fingerprint density at radius 3 is 1.12 bits per heavy atom. The molecule has 0 aromatic heterocycles. The van der Waals surface area contributed by atoms with Gasteiger partial charge in [0.15, 0.2) is 0 Å². The van der Waals surface area contributed by atoms with Crippen LogP contribution >= 0.6 is 35.9 Å². The molecule has 0 fully saturated rings. The van der Waals surface area contributed by atoms with Crippen LogP contribution in [0.25, 0.3) is 0 Å². The van der Waals surface area contributed by atoms with Gasteiger partial charge in [0.1, 0.15) is 0 Å². The van der Waals surface area contributed by atoms with Crippen LogP contribution in [0.4, 0.5) is 0 Å². The molecule has 0 radical (unpaired) electrons. The molecular formula is C32H70O4P2S4Zn+2. The number of unbranched alkanes of at least 4 members (excludes halogenated alkanes) is 4. The van der Waals surface area contributed by atoms with Crippen molar-refractivity contribution in [1.29, 1.82) is 0 Å². The average Bonchev–Trinajstić information content (AvgIpc) is 2.96. The van der Waals surface area contributed by atoms with Gasteiger partial charge in [-0.05, 0) is 73.0 Å². The smallest absolute Gasteiger partial charge is 0.322 e. The van der Waals surface area contributed by atoms with E-state index >= 15 is 0 Å². The Balaban J connectivity index is -0.000000727. The molecule has 0 amide bonds. The van der Waals surface area contributed by atoms with Crippen LogP contribution in [0.3, 0.4) is 0 Å². The van der Waals surface area contributed by atoms with Gasteiger partial charge in [0, 0.05) is 0 Å². The standard InChI is InChI=1S/2C16H35O2PS2.Zn/c1-5-8-10-15(4)12-13-17-19(20,21)18-14-16(7-3)11-9-6-2;1-5-9-11-15(7-3)13-17-19(20,21)18-14-16(8-4)12-10-6-2;/h2*15-16H,5-14H2,1-4H3,(H,20,21);/q;;+2. The van der Waals surface area contributed by atoms with Crippen LogP contribution in [0, 0.1) is 23.7 Å². The fourth-order valence-corrected chi connectivity index (χ4v) is 7.73. The zero-order valence-electron chi connectivity index (χ0n) is 29.4. The van der Waals surface area contributed by atoms with E-state index in [4.69, 9.17) is 41.7 Å². The Morgan fingerprint density at radius 2 is 0.814 bits per heavy atom. The molecule has 0 bridgehead atoms. The molecule has 0 saturated carbocycles. The molecule has 0 spiro atoms. The maximum Gasteiger partial charge on any atom is 2.00 e. The van der Waals surface area contributed by atoms with E-state index in [1.807, 2.05) is 0 Å². The van der Waals surface area contributed by atoms with Crippen LogP contribution in [0.15, 0.2) is 0 Å². The van der Waals surface area contributed by atoms with Gasteiger partial charge in [-0.3, -0.25) is 0 Å². The van der Waals surface area contributed by atoms with E-state index in [0.717, 1.165) is 25.7 Å². The zero-order chi connectivity index (χ0) is 32.3. The average molecular weight is 775 g/mol. The Labute approximate surface area is 303 Å². The molecule has 0 aromatic carbocycles. The maximum absolute atomic E-state index is 5.85. The second-order valence-electron chi connectivity index (χ2n) is 11.9. The van der Waals surface area contributed by atoms with Gasteiger partial charge in [-0.1, -0.05) is 157 Å². The largest absolute Gasteiger partial charge is 2.00 e. The quantitative estimate of drug-likeness (QED) is 0.0468. The van der Waals surface area contributed by atoms with Crippen LogP contribution in [-0.4, -0.2) is 26.4 Å².